The third-order valence-electron chi connectivity index (χ3n) is 2.69. The van der Waals surface area contributed by atoms with Crippen LogP contribution in [0.4, 0.5) is 11.4 Å². The molecule has 22 heavy (non-hydrogen) atoms. The van der Waals surface area contributed by atoms with Crippen molar-refractivity contribution in [3.05, 3.63) is 46.3 Å². The van der Waals surface area contributed by atoms with Gasteiger partial charge in [0.1, 0.15) is 6.54 Å². The number of aliphatic carboxylic acids is 1. The number of carboxylic acids is 1. The van der Waals surface area contributed by atoms with Crippen molar-refractivity contribution < 1.29 is 19.6 Å². The highest BCUT2D eigenvalue weighted by Crippen LogP contribution is 2.15. The maximum Gasteiger partial charge on any atom is 0.309 e. The lowest BCUT2D eigenvalue weighted by molar-refractivity contribution is -0.384. The molecular formula is C12H11N5O5. The summed E-state index contributed by atoms with van der Waals surface area (Å²) >= 11 is 0. The highest BCUT2D eigenvalue weighted by Gasteiger charge is 2.12. The van der Waals surface area contributed by atoms with E-state index in [1.807, 2.05) is 0 Å². The number of carbonyl (C=O) groups is 2. The van der Waals surface area contributed by atoms with Gasteiger partial charge < -0.3 is 10.4 Å². The molecule has 2 N–H and O–H groups in total. The Morgan fingerprint density at radius 1 is 1.32 bits per heavy atom. The summed E-state index contributed by atoms with van der Waals surface area (Å²) in [6.07, 6.45) is 0.977. The van der Waals surface area contributed by atoms with E-state index in [0.29, 0.717) is 11.4 Å². The van der Waals surface area contributed by atoms with Gasteiger partial charge in [-0.05, 0) is 12.1 Å². The number of hydrogen-bond donors (Lipinski definition) is 2. The number of rotatable bonds is 6. The first kappa shape index (κ1) is 15.1. The maximum absolute atomic E-state index is 11.9. The minimum atomic E-state index is -1.06. The first-order chi connectivity index (χ1) is 10.5. The topological polar surface area (TPSA) is 140 Å². The third-order valence-corrected chi connectivity index (χ3v) is 2.69. The Morgan fingerprint density at radius 2 is 2.00 bits per heavy atom. The van der Waals surface area contributed by atoms with Gasteiger partial charge in [-0.2, -0.15) is 0 Å². The van der Waals surface area contributed by atoms with Crippen molar-refractivity contribution >= 4 is 23.3 Å². The Bertz CT molecular complexity index is 709. The zero-order valence-electron chi connectivity index (χ0n) is 11.2. The number of nitrogens with one attached hydrogen (secondary N) is 1. The molecule has 0 fully saturated rings. The van der Waals surface area contributed by atoms with Gasteiger partial charge in [0, 0.05) is 17.8 Å². The molecule has 2 aromatic rings. The normalized spacial score (nSPS) is 10.2. The predicted molar refractivity (Wildman–Crippen MR) is 73.1 cm³/mol. The molecule has 0 radical (unpaired) electrons. The molecule has 0 aliphatic rings. The fourth-order valence-electron chi connectivity index (χ4n) is 1.71. The molecule has 1 aromatic carbocycles. The number of anilines is 1. The van der Waals surface area contributed by atoms with Crippen LogP contribution >= 0.6 is 0 Å². The van der Waals surface area contributed by atoms with Crippen molar-refractivity contribution in [1.82, 2.24) is 15.0 Å². The molecule has 0 bridgehead atoms. The molecule has 0 aliphatic carbocycles. The van der Waals surface area contributed by atoms with Gasteiger partial charge in [-0.15, -0.1) is 5.10 Å². The van der Waals surface area contributed by atoms with Crippen LogP contribution in [0.5, 0.6) is 0 Å². The number of nitro benzene ring substituents is 1. The van der Waals surface area contributed by atoms with E-state index in [4.69, 9.17) is 5.11 Å². The van der Waals surface area contributed by atoms with E-state index in [0.717, 1.165) is 0 Å². The molecule has 114 valence electrons. The van der Waals surface area contributed by atoms with Crippen LogP contribution in [0.25, 0.3) is 0 Å². The van der Waals surface area contributed by atoms with E-state index < -0.39 is 16.8 Å². The molecular weight excluding hydrogens is 294 g/mol. The first-order valence-corrected chi connectivity index (χ1v) is 6.09. The maximum atomic E-state index is 11.9. The standard InChI is InChI=1S/C12H11N5O5/c18-11(7-16-10(5-12(19)20)6-13-15-16)14-8-1-3-9(4-2-8)17(21)22/h1-4,6H,5,7H2,(H,14,18)(H,19,20). The Hall–Kier alpha value is -3.30. The van der Waals surface area contributed by atoms with Crippen LogP contribution in [0.15, 0.2) is 30.5 Å². The van der Waals surface area contributed by atoms with Gasteiger partial charge in [0.15, 0.2) is 0 Å². The largest absolute Gasteiger partial charge is 0.481 e. The number of carbonyl (C=O) groups excluding carboxylic acids is 1. The van der Waals surface area contributed by atoms with Crippen LogP contribution < -0.4 is 5.32 Å². The zero-order valence-corrected chi connectivity index (χ0v) is 11.2. The van der Waals surface area contributed by atoms with E-state index >= 15 is 0 Å². The van der Waals surface area contributed by atoms with E-state index in [-0.39, 0.29) is 18.7 Å². The molecule has 0 saturated heterocycles. The second-order valence-corrected chi connectivity index (χ2v) is 4.31. The van der Waals surface area contributed by atoms with Gasteiger partial charge in [0.25, 0.3) is 5.69 Å². The lowest BCUT2D eigenvalue weighted by atomic mass is 10.3. The van der Waals surface area contributed by atoms with Gasteiger partial charge in [-0.3, -0.25) is 19.7 Å². The van der Waals surface area contributed by atoms with Gasteiger partial charge in [-0.25, -0.2) is 4.68 Å². The lowest BCUT2D eigenvalue weighted by Crippen LogP contribution is -2.21. The lowest BCUT2D eigenvalue weighted by Gasteiger charge is -2.06. The highest BCUT2D eigenvalue weighted by molar-refractivity contribution is 5.90. The van der Waals surface area contributed by atoms with Crippen LogP contribution in [-0.4, -0.2) is 36.9 Å². The fourth-order valence-corrected chi connectivity index (χ4v) is 1.71. The van der Waals surface area contributed by atoms with E-state index in [9.17, 15) is 19.7 Å². The third kappa shape index (κ3) is 3.85. The van der Waals surface area contributed by atoms with Gasteiger partial charge >= 0.3 is 5.97 Å². The Kier molecular flexibility index (Phi) is 4.41. The number of non-ortho nitro benzene ring substituents is 1. The molecule has 10 heteroatoms. The summed E-state index contributed by atoms with van der Waals surface area (Å²) in [6, 6.07) is 5.33. The predicted octanol–water partition coefficient (Wildman–Crippen LogP) is 0.452. The minimum absolute atomic E-state index is 0.0852. The monoisotopic (exact) mass is 305 g/mol. The number of nitro groups is 1. The molecule has 0 aliphatic heterocycles. The summed E-state index contributed by atoms with van der Waals surface area (Å²) in [5, 5.41) is 29.0. The van der Waals surface area contributed by atoms with Crippen molar-refractivity contribution in [2.45, 2.75) is 13.0 Å². The molecule has 0 unspecified atom stereocenters. The quantitative estimate of drug-likeness (QED) is 0.583. The molecule has 1 amide bonds. The van der Waals surface area contributed by atoms with Crippen LogP contribution in [-0.2, 0) is 22.6 Å². The van der Waals surface area contributed by atoms with Gasteiger partial charge in [0.05, 0.1) is 23.2 Å². The second-order valence-electron chi connectivity index (χ2n) is 4.31. The minimum Gasteiger partial charge on any atom is -0.481 e. The van der Waals surface area contributed by atoms with Crippen LogP contribution in [0, 0.1) is 10.1 Å². The number of carboxylic acid groups (broad SMARTS) is 1. The number of benzene rings is 1. The summed E-state index contributed by atoms with van der Waals surface area (Å²) in [4.78, 5) is 32.5. The fraction of sp³-hybridized carbons (Fsp3) is 0.167. The smallest absolute Gasteiger partial charge is 0.309 e. The summed E-state index contributed by atoms with van der Waals surface area (Å²) < 4.78 is 1.18. The SMILES string of the molecule is O=C(O)Cc1cnnn1CC(=O)Nc1ccc([N+](=O)[O-])cc1. The van der Waals surface area contributed by atoms with Crippen molar-refractivity contribution in [2.24, 2.45) is 0 Å². The van der Waals surface area contributed by atoms with Crippen LogP contribution in [0.3, 0.4) is 0 Å². The van der Waals surface area contributed by atoms with Gasteiger partial charge in [0.2, 0.25) is 5.91 Å². The molecule has 1 aromatic heterocycles. The van der Waals surface area contributed by atoms with E-state index in [1.54, 1.807) is 0 Å². The Balaban J connectivity index is 1.99. The second kappa shape index (κ2) is 6.43. The summed E-state index contributed by atoms with van der Waals surface area (Å²) in [7, 11) is 0. The van der Waals surface area contributed by atoms with E-state index in [2.05, 4.69) is 15.6 Å². The first-order valence-electron chi connectivity index (χ1n) is 6.09. The number of amides is 1. The average molecular weight is 305 g/mol. The van der Waals surface area contributed by atoms with Crippen molar-refractivity contribution in [1.29, 1.82) is 0 Å². The van der Waals surface area contributed by atoms with Gasteiger partial charge in [-0.1, -0.05) is 5.21 Å². The van der Waals surface area contributed by atoms with Crippen molar-refractivity contribution in [3.8, 4) is 0 Å². The number of nitrogens with zero attached hydrogens (tertiary/aromatic N) is 4. The molecule has 0 saturated carbocycles. The zero-order chi connectivity index (χ0) is 16.1. The molecule has 0 atom stereocenters. The summed E-state index contributed by atoms with van der Waals surface area (Å²) in [5.74, 6) is -1.51. The van der Waals surface area contributed by atoms with Crippen molar-refractivity contribution in [3.63, 3.8) is 0 Å². The number of aromatic nitrogens is 3. The summed E-state index contributed by atoms with van der Waals surface area (Å²) in [6.45, 7) is -0.209. The van der Waals surface area contributed by atoms with E-state index in [1.165, 1.54) is 35.1 Å². The molecule has 10 nitrogen and oxygen atoms in total. The average Bonchev–Trinajstić information content (AvgIpc) is 2.85. The Labute approximate surface area is 123 Å². The molecule has 1 heterocycles. The number of hydrogen-bond acceptors (Lipinski definition) is 6. The van der Waals surface area contributed by atoms with Crippen molar-refractivity contribution in [2.75, 3.05) is 5.32 Å². The van der Waals surface area contributed by atoms with Crippen LogP contribution in [0.1, 0.15) is 5.69 Å². The molecule has 2 rings (SSSR count). The summed E-state index contributed by atoms with van der Waals surface area (Å²) in [5.41, 5.74) is 0.597. The van der Waals surface area contributed by atoms with Crippen LogP contribution in [0.2, 0.25) is 0 Å². The molecule has 0 spiro atoms. The Morgan fingerprint density at radius 3 is 2.59 bits per heavy atom. The highest BCUT2D eigenvalue weighted by atomic mass is 16.6.